The van der Waals surface area contributed by atoms with E-state index in [9.17, 15) is 4.79 Å². The highest BCUT2D eigenvalue weighted by Crippen LogP contribution is 2.24. The summed E-state index contributed by atoms with van der Waals surface area (Å²) in [4.78, 5) is 14.6. The molecule has 4 heteroatoms. The summed E-state index contributed by atoms with van der Waals surface area (Å²) in [5.74, 6) is 1.35. The van der Waals surface area contributed by atoms with Crippen LogP contribution in [-0.2, 0) is 4.79 Å². The van der Waals surface area contributed by atoms with Gasteiger partial charge in [-0.05, 0) is 62.4 Å². The van der Waals surface area contributed by atoms with Crippen molar-refractivity contribution >= 4 is 11.6 Å². The summed E-state index contributed by atoms with van der Waals surface area (Å²) in [5.41, 5.74) is 3.54. The minimum absolute atomic E-state index is 0.0250. The van der Waals surface area contributed by atoms with Crippen LogP contribution < -0.4 is 15.0 Å². The highest BCUT2D eigenvalue weighted by Gasteiger charge is 2.17. The van der Waals surface area contributed by atoms with Gasteiger partial charge in [-0.3, -0.25) is 4.79 Å². The van der Waals surface area contributed by atoms with Crippen molar-refractivity contribution in [1.82, 2.24) is 5.32 Å². The van der Waals surface area contributed by atoms with Crippen LogP contribution in [0.4, 0.5) is 5.69 Å². The Bertz CT molecular complexity index is 740. The Balaban J connectivity index is 1.50. The SMILES string of the molecule is Cc1ccc(OCC(=O)N[C@@H](C)c2ccc(N3CCC[C@H](C)C3)cc2)cc1. The molecule has 0 aliphatic carbocycles. The van der Waals surface area contributed by atoms with E-state index >= 15 is 0 Å². The normalized spacial score (nSPS) is 18.0. The van der Waals surface area contributed by atoms with Crippen LogP contribution in [0.1, 0.15) is 43.9 Å². The largest absolute Gasteiger partial charge is 0.484 e. The van der Waals surface area contributed by atoms with Crippen LogP contribution in [0.5, 0.6) is 5.75 Å². The topological polar surface area (TPSA) is 41.6 Å². The summed E-state index contributed by atoms with van der Waals surface area (Å²) in [6.45, 7) is 8.62. The molecule has 0 unspecified atom stereocenters. The lowest BCUT2D eigenvalue weighted by Crippen LogP contribution is -2.34. The Labute approximate surface area is 162 Å². The van der Waals surface area contributed by atoms with Gasteiger partial charge in [0.15, 0.2) is 6.61 Å². The molecule has 1 fully saturated rings. The van der Waals surface area contributed by atoms with Crippen LogP contribution in [-0.4, -0.2) is 25.6 Å². The number of benzene rings is 2. The second kappa shape index (κ2) is 8.94. The summed E-state index contributed by atoms with van der Waals surface area (Å²) in [7, 11) is 0. The summed E-state index contributed by atoms with van der Waals surface area (Å²) in [5, 5.41) is 3.01. The lowest BCUT2D eigenvalue weighted by Gasteiger charge is -2.33. The Hall–Kier alpha value is -2.49. The quantitative estimate of drug-likeness (QED) is 0.819. The van der Waals surface area contributed by atoms with Crippen molar-refractivity contribution in [2.75, 3.05) is 24.6 Å². The highest BCUT2D eigenvalue weighted by molar-refractivity contribution is 5.78. The van der Waals surface area contributed by atoms with Gasteiger partial charge in [-0.25, -0.2) is 0 Å². The standard InChI is InChI=1S/C23H30N2O2/c1-17-6-12-22(13-7-17)27-16-23(26)24-19(3)20-8-10-21(11-9-20)25-14-4-5-18(2)15-25/h6-13,18-19H,4-5,14-16H2,1-3H3,(H,24,26)/t18-,19-/m0/s1. The Morgan fingerprint density at radius 3 is 2.56 bits per heavy atom. The molecule has 2 aromatic carbocycles. The van der Waals surface area contributed by atoms with Gasteiger partial charge in [0.1, 0.15) is 5.75 Å². The maximum absolute atomic E-state index is 12.2. The molecule has 2 atom stereocenters. The van der Waals surface area contributed by atoms with Crippen LogP contribution >= 0.6 is 0 Å². The lowest BCUT2D eigenvalue weighted by atomic mass is 9.99. The molecular weight excluding hydrogens is 336 g/mol. The van der Waals surface area contributed by atoms with E-state index in [1.54, 1.807) is 0 Å². The van der Waals surface area contributed by atoms with Crippen molar-refractivity contribution in [3.05, 3.63) is 59.7 Å². The third kappa shape index (κ3) is 5.49. The number of hydrogen-bond acceptors (Lipinski definition) is 3. The first-order valence-electron chi connectivity index (χ1n) is 9.85. The van der Waals surface area contributed by atoms with Crippen LogP contribution in [0, 0.1) is 12.8 Å². The number of piperidine rings is 1. The Kier molecular flexibility index (Phi) is 6.38. The molecular formula is C23H30N2O2. The lowest BCUT2D eigenvalue weighted by molar-refractivity contribution is -0.123. The first kappa shape index (κ1) is 19.3. The molecule has 0 aromatic heterocycles. The summed E-state index contributed by atoms with van der Waals surface area (Å²) in [6, 6.07) is 16.2. The number of rotatable bonds is 6. The molecule has 1 aliphatic rings. The van der Waals surface area contributed by atoms with Crippen molar-refractivity contribution in [1.29, 1.82) is 0 Å². The average Bonchev–Trinajstić information content (AvgIpc) is 2.67. The zero-order valence-electron chi connectivity index (χ0n) is 16.6. The van der Waals surface area contributed by atoms with Gasteiger partial charge < -0.3 is 15.0 Å². The number of amides is 1. The van der Waals surface area contributed by atoms with E-state index < -0.39 is 0 Å². The number of hydrogen-bond donors (Lipinski definition) is 1. The number of ether oxygens (including phenoxy) is 1. The van der Waals surface area contributed by atoms with E-state index in [4.69, 9.17) is 4.74 Å². The number of aryl methyl sites for hydroxylation is 1. The first-order chi connectivity index (χ1) is 13.0. The van der Waals surface area contributed by atoms with E-state index in [1.807, 2.05) is 38.1 Å². The first-order valence-corrected chi connectivity index (χ1v) is 9.85. The summed E-state index contributed by atoms with van der Waals surface area (Å²) < 4.78 is 5.55. The van der Waals surface area contributed by atoms with Gasteiger partial charge in [0.2, 0.25) is 0 Å². The minimum atomic E-state index is -0.114. The summed E-state index contributed by atoms with van der Waals surface area (Å²) in [6.07, 6.45) is 2.58. The molecule has 1 heterocycles. The third-order valence-electron chi connectivity index (χ3n) is 5.18. The van der Waals surface area contributed by atoms with Crippen molar-refractivity contribution in [3.63, 3.8) is 0 Å². The van der Waals surface area contributed by atoms with E-state index in [0.717, 1.165) is 24.6 Å². The molecule has 0 bridgehead atoms. The fourth-order valence-corrected chi connectivity index (χ4v) is 3.55. The predicted molar refractivity (Wildman–Crippen MR) is 110 cm³/mol. The van der Waals surface area contributed by atoms with Gasteiger partial charge in [0.25, 0.3) is 5.91 Å². The van der Waals surface area contributed by atoms with Crippen molar-refractivity contribution in [2.24, 2.45) is 5.92 Å². The van der Waals surface area contributed by atoms with Crippen LogP contribution in [0.2, 0.25) is 0 Å². The van der Waals surface area contributed by atoms with E-state index in [0.29, 0.717) is 5.75 Å². The minimum Gasteiger partial charge on any atom is -0.484 e. The maximum atomic E-state index is 12.2. The van der Waals surface area contributed by atoms with E-state index in [2.05, 4.69) is 41.4 Å². The number of carbonyl (C=O) groups excluding carboxylic acids is 1. The smallest absolute Gasteiger partial charge is 0.258 e. The molecule has 0 radical (unpaired) electrons. The molecule has 1 aliphatic heterocycles. The third-order valence-corrected chi connectivity index (χ3v) is 5.18. The fourth-order valence-electron chi connectivity index (χ4n) is 3.55. The van der Waals surface area contributed by atoms with Gasteiger partial charge in [-0.2, -0.15) is 0 Å². The van der Waals surface area contributed by atoms with Gasteiger partial charge >= 0.3 is 0 Å². The Morgan fingerprint density at radius 1 is 1.19 bits per heavy atom. The van der Waals surface area contributed by atoms with Gasteiger partial charge in [-0.1, -0.05) is 36.8 Å². The van der Waals surface area contributed by atoms with E-state index in [1.165, 1.54) is 24.1 Å². The Morgan fingerprint density at radius 2 is 1.89 bits per heavy atom. The predicted octanol–water partition coefficient (Wildman–Crippen LogP) is 4.49. The maximum Gasteiger partial charge on any atom is 0.258 e. The second-order valence-corrected chi connectivity index (χ2v) is 7.68. The molecule has 0 spiro atoms. The molecule has 3 rings (SSSR count). The van der Waals surface area contributed by atoms with Gasteiger partial charge in [0, 0.05) is 18.8 Å². The average molecular weight is 367 g/mol. The number of carbonyl (C=O) groups is 1. The molecule has 2 aromatic rings. The zero-order valence-corrected chi connectivity index (χ0v) is 16.6. The molecule has 1 amide bonds. The van der Waals surface area contributed by atoms with Crippen LogP contribution in [0.3, 0.4) is 0 Å². The zero-order chi connectivity index (χ0) is 19.2. The molecule has 4 nitrogen and oxygen atoms in total. The van der Waals surface area contributed by atoms with Crippen molar-refractivity contribution in [2.45, 2.75) is 39.7 Å². The van der Waals surface area contributed by atoms with Crippen LogP contribution in [0.15, 0.2) is 48.5 Å². The number of nitrogens with one attached hydrogen (secondary N) is 1. The fraction of sp³-hybridized carbons (Fsp3) is 0.435. The molecule has 144 valence electrons. The molecule has 0 saturated carbocycles. The number of anilines is 1. The van der Waals surface area contributed by atoms with E-state index in [-0.39, 0.29) is 18.6 Å². The van der Waals surface area contributed by atoms with Crippen molar-refractivity contribution in [3.8, 4) is 5.75 Å². The number of nitrogens with zero attached hydrogens (tertiary/aromatic N) is 1. The molecule has 27 heavy (non-hydrogen) atoms. The second-order valence-electron chi connectivity index (χ2n) is 7.68. The van der Waals surface area contributed by atoms with Gasteiger partial charge in [-0.15, -0.1) is 0 Å². The van der Waals surface area contributed by atoms with Crippen molar-refractivity contribution < 1.29 is 9.53 Å². The molecule has 1 saturated heterocycles. The van der Waals surface area contributed by atoms with Crippen LogP contribution in [0.25, 0.3) is 0 Å². The monoisotopic (exact) mass is 366 g/mol. The molecule has 1 N–H and O–H groups in total. The highest BCUT2D eigenvalue weighted by atomic mass is 16.5. The summed E-state index contributed by atoms with van der Waals surface area (Å²) >= 11 is 0. The van der Waals surface area contributed by atoms with Gasteiger partial charge in [0.05, 0.1) is 6.04 Å².